The number of anilines is 1. The van der Waals surface area contributed by atoms with Crippen molar-refractivity contribution in [2.24, 2.45) is 0 Å². The Hall–Kier alpha value is -2.58. The van der Waals surface area contributed by atoms with E-state index in [4.69, 9.17) is 0 Å². The average Bonchev–Trinajstić information content (AvgIpc) is 3.18. The molecule has 25 heavy (non-hydrogen) atoms. The number of hydrogen-bond donors (Lipinski definition) is 1. The van der Waals surface area contributed by atoms with Gasteiger partial charge in [0.1, 0.15) is 0 Å². The molecule has 1 aliphatic carbocycles. The molecule has 2 aliphatic rings. The van der Waals surface area contributed by atoms with Gasteiger partial charge in [-0.3, -0.25) is 0 Å². The van der Waals surface area contributed by atoms with Gasteiger partial charge in [0.25, 0.3) is 0 Å². The molecule has 0 amide bonds. The van der Waals surface area contributed by atoms with Crippen LogP contribution >= 0.6 is 11.3 Å². The van der Waals surface area contributed by atoms with Gasteiger partial charge in [-0.2, -0.15) is 0 Å². The smallest absolute Gasteiger partial charge is 0.0670 e. The molecular formula is C23H17NS. The number of fused-ring (bicyclic) bond motifs is 10. The van der Waals surface area contributed by atoms with Gasteiger partial charge in [0, 0.05) is 26.2 Å². The molecule has 1 aliphatic heterocycles. The summed E-state index contributed by atoms with van der Waals surface area (Å²) in [7, 11) is 0. The molecule has 0 bridgehead atoms. The number of thiophene rings is 1. The van der Waals surface area contributed by atoms with Gasteiger partial charge in [-0.05, 0) is 41.1 Å². The fraction of sp³-hybridized carbons (Fsp3) is 0.130. The number of para-hydroxylation sites is 1. The minimum Gasteiger partial charge on any atom is -0.377 e. The van der Waals surface area contributed by atoms with E-state index in [9.17, 15) is 0 Å². The summed E-state index contributed by atoms with van der Waals surface area (Å²) in [6.07, 6.45) is 0. The normalized spacial score (nSPS) is 22.7. The van der Waals surface area contributed by atoms with Crippen molar-refractivity contribution in [3.63, 3.8) is 0 Å². The summed E-state index contributed by atoms with van der Waals surface area (Å²) in [5, 5.41) is 5.26. The maximum Gasteiger partial charge on any atom is 0.0670 e. The van der Waals surface area contributed by atoms with Gasteiger partial charge in [0.05, 0.1) is 6.04 Å². The molecule has 1 nitrogen and oxygen atoms in total. The van der Waals surface area contributed by atoms with Crippen LogP contribution in [0.3, 0.4) is 0 Å². The van der Waals surface area contributed by atoms with Crippen LogP contribution in [-0.2, 0) is 5.41 Å². The first kappa shape index (κ1) is 13.7. The third-order valence-electron chi connectivity index (χ3n) is 6.02. The van der Waals surface area contributed by atoms with Gasteiger partial charge in [0.15, 0.2) is 0 Å². The Labute approximate surface area is 151 Å². The van der Waals surface area contributed by atoms with Gasteiger partial charge < -0.3 is 5.32 Å². The second-order valence-electron chi connectivity index (χ2n) is 7.21. The quantitative estimate of drug-likeness (QED) is 0.393. The Morgan fingerprint density at radius 3 is 2.48 bits per heavy atom. The standard InChI is InChI=1S/C23H17NS/c1-23-16-10-4-2-8-14(16)21-20(15-9-3-7-13-19(15)25-21)22(23)24-18-12-6-5-11-17(18)23/h2-13,22,24H,1H3. The Morgan fingerprint density at radius 2 is 1.56 bits per heavy atom. The van der Waals surface area contributed by atoms with Crippen molar-refractivity contribution in [2.75, 3.05) is 5.32 Å². The predicted molar refractivity (Wildman–Crippen MR) is 107 cm³/mol. The Kier molecular flexibility index (Phi) is 2.48. The molecule has 0 radical (unpaired) electrons. The van der Waals surface area contributed by atoms with Crippen molar-refractivity contribution in [1.82, 2.24) is 0 Å². The van der Waals surface area contributed by atoms with Crippen molar-refractivity contribution < 1.29 is 0 Å². The summed E-state index contributed by atoms with van der Waals surface area (Å²) < 4.78 is 1.38. The van der Waals surface area contributed by atoms with Gasteiger partial charge >= 0.3 is 0 Å². The second kappa shape index (κ2) is 4.53. The highest BCUT2D eigenvalue weighted by Gasteiger charge is 2.50. The predicted octanol–water partition coefficient (Wildman–Crippen LogP) is 6.35. The molecule has 120 valence electrons. The summed E-state index contributed by atoms with van der Waals surface area (Å²) in [5.74, 6) is 0. The maximum atomic E-state index is 3.86. The Balaban J connectivity index is 1.79. The highest BCUT2D eigenvalue weighted by Crippen LogP contribution is 2.61. The summed E-state index contributed by atoms with van der Waals surface area (Å²) in [5.41, 5.74) is 6.95. The molecule has 0 saturated carbocycles. The minimum absolute atomic E-state index is 0.0377. The lowest BCUT2D eigenvalue weighted by atomic mass is 9.65. The molecule has 2 atom stereocenters. The highest BCUT2D eigenvalue weighted by atomic mass is 32.1. The van der Waals surface area contributed by atoms with E-state index in [0.717, 1.165) is 0 Å². The first-order valence-corrected chi connectivity index (χ1v) is 9.57. The maximum absolute atomic E-state index is 3.86. The third kappa shape index (κ3) is 1.54. The molecule has 1 aromatic heterocycles. The van der Waals surface area contributed by atoms with Crippen molar-refractivity contribution in [3.05, 3.63) is 89.5 Å². The van der Waals surface area contributed by atoms with Crippen LogP contribution in [-0.4, -0.2) is 0 Å². The van der Waals surface area contributed by atoms with Gasteiger partial charge in [0.2, 0.25) is 0 Å². The fourth-order valence-electron chi connectivity index (χ4n) is 4.86. The van der Waals surface area contributed by atoms with E-state index >= 15 is 0 Å². The van der Waals surface area contributed by atoms with Crippen LogP contribution in [0.15, 0.2) is 72.8 Å². The van der Waals surface area contributed by atoms with Crippen LogP contribution in [0, 0.1) is 0 Å². The SMILES string of the molecule is CC12c3ccccc3NC1c1c(sc3ccccc13)-c1ccccc12. The topological polar surface area (TPSA) is 12.0 Å². The van der Waals surface area contributed by atoms with Crippen molar-refractivity contribution in [1.29, 1.82) is 0 Å². The average molecular weight is 339 g/mol. The van der Waals surface area contributed by atoms with Gasteiger partial charge in [-0.15, -0.1) is 11.3 Å². The van der Waals surface area contributed by atoms with Crippen LogP contribution in [0.4, 0.5) is 5.69 Å². The fourth-order valence-corrected chi connectivity index (χ4v) is 6.14. The summed E-state index contributed by atoms with van der Waals surface area (Å²) >= 11 is 1.93. The molecule has 6 rings (SSSR count). The Bertz CT molecular complexity index is 1160. The zero-order valence-corrected chi connectivity index (χ0v) is 14.7. The zero-order chi connectivity index (χ0) is 16.6. The molecule has 0 fully saturated rings. The monoisotopic (exact) mass is 339 g/mol. The lowest BCUT2D eigenvalue weighted by Crippen LogP contribution is -2.33. The first-order valence-electron chi connectivity index (χ1n) is 8.76. The summed E-state index contributed by atoms with van der Waals surface area (Å²) in [6, 6.07) is 26.9. The van der Waals surface area contributed by atoms with Gasteiger partial charge in [-0.1, -0.05) is 60.7 Å². The van der Waals surface area contributed by atoms with E-state index in [1.54, 1.807) is 0 Å². The molecule has 0 saturated heterocycles. The highest BCUT2D eigenvalue weighted by molar-refractivity contribution is 7.22. The minimum atomic E-state index is -0.0377. The number of hydrogen-bond acceptors (Lipinski definition) is 2. The largest absolute Gasteiger partial charge is 0.377 e. The van der Waals surface area contributed by atoms with E-state index in [-0.39, 0.29) is 11.5 Å². The van der Waals surface area contributed by atoms with Crippen LogP contribution in [0.2, 0.25) is 0 Å². The lowest BCUT2D eigenvalue weighted by molar-refractivity contribution is 0.512. The molecular weight excluding hydrogens is 322 g/mol. The first-order chi connectivity index (χ1) is 12.3. The van der Waals surface area contributed by atoms with Crippen LogP contribution in [0.25, 0.3) is 20.5 Å². The number of nitrogens with one attached hydrogen (secondary N) is 1. The Morgan fingerprint density at radius 1 is 0.840 bits per heavy atom. The van der Waals surface area contributed by atoms with Crippen LogP contribution < -0.4 is 5.32 Å². The molecule has 2 unspecified atom stereocenters. The zero-order valence-electron chi connectivity index (χ0n) is 13.9. The van der Waals surface area contributed by atoms with Gasteiger partial charge in [-0.25, -0.2) is 0 Å². The van der Waals surface area contributed by atoms with Crippen molar-refractivity contribution >= 4 is 27.1 Å². The van der Waals surface area contributed by atoms with Crippen LogP contribution in [0.1, 0.15) is 29.7 Å². The van der Waals surface area contributed by atoms with E-state index in [2.05, 4.69) is 85.0 Å². The van der Waals surface area contributed by atoms with E-state index in [1.165, 1.54) is 42.9 Å². The summed E-state index contributed by atoms with van der Waals surface area (Å²) in [4.78, 5) is 1.43. The molecule has 1 N–H and O–H groups in total. The van der Waals surface area contributed by atoms with Crippen molar-refractivity contribution in [3.8, 4) is 10.4 Å². The molecule has 3 aromatic carbocycles. The number of rotatable bonds is 0. The lowest BCUT2D eigenvalue weighted by Gasteiger charge is -2.38. The van der Waals surface area contributed by atoms with Crippen molar-refractivity contribution in [2.45, 2.75) is 18.4 Å². The number of benzene rings is 3. The molecule has 2 heteroatoms. The van der Waals surface area contributed by atoms with Crippen LogP contribution in [0.5, 0.6) is 0 Å². The molecule has 2 heterocycles. The second-order valence-corrected chi connectivity index (χ2v) is 8.26. The van der Waals surface area contributed by atoms with E-state index < -0.39 is 0 Å². The molecule has 0 spiro atoms. The van der Waals surface area contributed by atoms with E-state index in [1.807, 2.05) is 11.3 Å². The molecule has 4 aromatic rings. The third-order valence-corrected chi connectivity index (χ3v) is 7.24. The summed E-state index contributed by atoms with van der Waals surface area (Å²) in [6.45, 7) is 2.41. The van der Waals surface area contributed by atoms with E-state index in [0.29, 0.717) is 0 Å².